The molecule has 3 aliphatic heterocycles. The topological polar surface area (TPSA) is 142 Å². The van der Waals surface area contributed by atoms with Crippen molar-refractivity contribution in [3.8, 4) is 33.6 Å². The van der Waals surface area contributed by atoms with E-state index in [0.717, 1.165) is 83.0 Å². The second-order valence-corrected chi connectivity index (χ2v) is 17.7. The van der Waals surface area contributed by atoms with Crippen LogP contribution in [0.4, 0.5) is 4.79 Å². The molecule has 3 amide bonds. The molecule has 0 aliphatic carbocycles. The number of nitrogens with one attached hydrogen (secondary N) is 2. The predicted molar refractivity (Wildman–Crippen MR) is 228 cm³/mol. The van der Waals surface area contributed by atoms with Crippen LogP contribution in [0, 0.1) is 5.41 Å². The van der Waals surface area contributed by atoms with Crippen molar-refractivity contribution >= 4 is 17.9 Å². The molecule has 0 unspecified atom stereocenters. The first-order valence-corrected chi connectivity index (χ1v) is 21.0. The van der Waals surface area contributed by atoms with Crippen LogP contribution in [0.3, 0.4) is 0 Å². The largest absolute Gasteiger partial charge is 0.465 e. The van der Waals surface area contributed by atoms with Crippen LogP contribution in [0.2, 0.25) is 0 Å². The standard InChI is InChI=1S/C47H56N8O4/c1-46(2,3)47(24-11-27-55(47)45(58)59)28-40(56)53-25-9-14-38(53)42-48-29-36(50-42)33-20-16-31(17-21-33)32-18-22-34(23-19-32)37-30-49-43(51-37)39-15-10-26-54(39)44(57)41(52(4)5)35-12-7-6-8-13-35/h6-8,12-13,16-23,29-30,38-39,41H,9-11,14-15,24-28H2,1-5H3,(H,48,50)(H,49,51)(H,58,59)/t38-,39-,41+,47-/m0/s1. The van der Waals surface area contributed by atoms with Gasteiger partial charge in [0, 0.05) is 19.6 Å². The summed E-state index contributed by atoms with van der Waals surface area (Å²) >= 11 is 0. The smallest absolute Gasteiger partial charge is 0.407 e. The summed E-state index contributed by atoms with van der Waals surface area (Å²) in [5.41, 5.74) is 5.87. The maximum atomic E-state index is 14.0. The fourth-order valence-corrected chi connectivity index (χ4v) is 9.85. The molecular formula is C47H56N8O4. The molecule has 12 nitrogen and oxygen atoms in total. The highest BCUT2D eigenvalue weighted by atomic mass is 16.4. The van der Waals surface area contributed by atoms with Crippen molar-refractivity contribution in [3.63, 3.8) is 0 Å². The van der Waals surface area contributed by atoms with Crippen LogP contribution in [0.25, 0.3) is 33.6 Å². The second kappa shape index (κ2) is 16.1. The Morgan fingerprint density at radius 3 is 1.76 bits per heavy atom. The van der Waals surface area contributed by atoms with Crippen LogP contribution in [0.5, 0.6) is 0 Å². The van der Waals surface area contributed by atoms with Crippen molar-refractivity contribution in [3.05, 3.63) is 108 Å². The van der Waals surface area contributed by atoms with Gasteiger partial charge in [-0.25, -0.2) is 14.8 Å². The van der Waals surface area contributed by atoms with E-state index in [-0.39, 0.29) is 41.8 Å². The summed E-state index contributed by atoms with van der Waals surface area (Å²) in [6.45, 7) is 7.93. The number of imidazole rings is 2. The number of benzene rings is 3. The van der Waals surface area contributed by atoms with Crippen LogP contribution in [-0.4, -0.2) is 102 Å². The Hall–Kier alpha value is -5.75. The van der Waals surface area contributed by atoms with Gasteiger partial charge in [-0.05, 0) is 85.9 Å². The van der Waals surface area contributed by atoms with E-state index >= 15 is 0 Å². The molecule has 5 heterocycles. The summed E-state index contributed by atoms with van der Waals surface area (Å²) in [6, 6.07) is 26.1. The Labute approximate surface area is 346 Å². The van der Waals surface area contributed by atoms with Crippen molar-refractivity contribution < 1.29 is 19.5 Å². The van der Waals surface area contributed by atoms with Crippen LogP contribution in [-0.2, 0) is 9.59 Å². The van der Waals surface area contributed by atoms with Gasteiger partial charge in [-0.2, -0.15) is 0 Å². The molecule has 3 N–H and O–H groups in total. The minimum absolute atomic E-state index is 0.0124. The Morgan fingerprint density at radius 1 is 0.746 bits per heavy atom. The number of H-pyrrole nitrogens is 2. The molecule has 3 aliphatic rings. The van der Waals surface area contributed by atoms with Crippen molar-refractivity contribution in [2.45, 2.75) is 89.4 Å². The first kappa shape index (κ1) is 40.0. The number of hydrogen-bond acceptors (Lipinski definition) is 6. The molecule has 12 heteroatoms. The number of likely N-dealkylation sites (tertiary alicyclic amines) is 3. The summed E-state index contributed by atoms with van der Waals surface area (Å²) in [7, 11) is 3.91. The van der Waals surface area contributed by atoms with Crippen molar-refractivity contribution in [1.82, 2.24) is 39.5 Å². The van der Waals surface area contributed by atoms with Gasteiger partial charge in [0.25, 0.3) is 0 Å². The van der Waals surface area contributed by atoms with E-state index in [2.05, 4.69) is 58.5 Å². The first-order chi connectivity index (χ1) is 28.3. The summed E-state index contributed by atoms with van der Waals surface area (Å²) in [6.07, 6.45) is 7.85. The number of carbonyl (C=O) groups excluding carboxylic acids is 2. The first-order valence-electron chi connectivity index (χ1n) is 21.0. The maximum absolute atomic E-state index is 14.0. The molecule has 0 radical (unpaired) electrons. The third-order valence-corrected chi connectivity index (χ3v) is 13.1. The average Bonchev–Trinajstić information content (AvgIpc) is 4.07. The summed E-state index contributed by atoms with van der Waals surface area (Å²) in [5, 5.41) is 10.0. The lowest BCUT2D eigenvalue weighted by molar-refractivity contribution is -0.138. The summed E-state index contributed by atoms with van der Waals surface area (Å²) in [4.78, 5) is 64.1. The third-order valence-electron chi connectivity index (χ3n) is 13.1. The molecule has 308 valence electrons. The number of hydrogen-bond donors (Lipinski definition) is 3. The van der Waals surface area contributed by atoms with E-state index in [1.165, 1.54) is 4.90 Å². The number of amides is 3. The molecular weight excluding hydrogens is 741 g/mol. The Morgan fingerprint density at radius 2 is 1.25 bits per heavy atom. The van der Waals surface area contributed by atoms with Crippen LogP contribution in [0.1, 0.15) is 101 Å². The number of carbonyl (C=O) groups is 3. The van der Waals surface area contributed by atoms with E-state index in [1.807, 2.05) is 92.3 Å². The molecule has 0 bridgehead atoms. The van der Waals surface area contributed by atoms with Gasteiger partial charge in [-0.15, -0.1) is 0 Å². The molecule has 5 aromatic rings. The minimum Gasteiger partial charge on any atom is -0.465 e. The molecule has 2 aromatic heterocycles. The highest BCUT2D eigenvalue weighted by Gasteiger charge is 2.54. The second-order valence-electron chi connectivity index (χ2n) is 17.7. The van der Waals surface area contributed by atoms with E-state index in [9.17, 15) is 19.5 Å². The molecule has 8 rings (SSSR count). The van der Waals surface area contributed by atoms with Gasteiger partial charge in [0.2, 0.25) is 11.8 Å². The van der Waals surface area contributed by atoms with Crippen molar-refractivity contribution in [2.75, 3.05) is 33.7 Å². The SMILES string of the molecule is CN(C)[C@@H](C(=O)N1CCC[C@H]1c1ncc(-c2ccc(-c3ccc(-c4cnc([C@@H]5CCCN5C(=O)C[C@]5(C(C)(C)C)CCCN5C(=O)O)[nH]4)cc3)cc2)[nH]1)c1ccccc1. The average molecular weight is 797 g/mol. The molecule has 3 aromatic carbocycles. The van der Waals surface area contributed by atoms with Gasteiger partial charge in [-0.3, -0.25) is 14.5 Å². The normalized spacial score (nSPS) is 21.4. The van der Waals surface area contributed by atoms with Gasteiger partial charge >= 0.3 is 6.09 Å². The lowest BCUT2D eigenvalue weighted by Crippen LogP contribution is -2.57. The predicted octanol–water partition coefficient (Wildman–Crippen LogP) is 8.71. The fourth-order valence-electron chi connectivity index (χ4n) is 9.85. The Kier molecular flexibility index (Phi) is 10.9. The van der Waals surface area contributed by atoms with Gasteiger partial charge in [0.05, 0.1) is 47.8 Å². The zero-order chi connectivity index (χ0) is 41.5. The highest BCUT2D eigenvalue weighted by molar-refractivity contribution is 5.84. The molecule has 3 saturated heterocycles. The fraction of sp³-hybridized carbons (Fsp3) is 0.426. The van der Waals surface area contributed by atoms with Crippen LogP contribution < -0.4 is 0 Å². The van der Waals surface area contributed by atoms with E-state index in [1.54, 1.807) is 0 Å². The van der Waals surface area contributed by atoms with Crippen molar-refractivity contribution in [1.29, 1.82) is 0 Å². The molecule has 0 saturated carbocycles. The number of nitrogens with zero attached hydrogens (tertiary/aromatic N) is 6. The van der Waals surface area contributed by atoms with Gasteiger partial charge in [-0.1, -0.05) is 99.6 Å². The molecule has 59 heavy (non-hydrogen) atoms. The third kappa shape index (κ3) is 7.66. The van der Waals surface area contributed by atoms with Gasteiger partial charge < -0.3 is 29.8 Å². The van der Waals surface area contributed by atoms with Gasteiger partial charge in [0.1, 0.15) is 17.7 Å². The monoisotopic (exact) mass is 796 g/mol. The Bertz CT molecular complexity index is 2280. The minimum atomic E-state index is -0.953. The van der Waals surface area contributed by atoms with Crippen LogP contribution >= 0.6 is 0 Å². The lowest BCUT2D eigenvalue weighted by atomic mass is 9.69. The summed E-state index contributed by atoms with van der Waals surface area (Å²) in [5.74, 6) is 1.66. The highest BCUT2D eigenvalue weighted by Crippen LogP contribution is 2.47. The molecule has 4 atom stereocenters. The van der Waals surface area contributed by atoms with Gasteiger partial charge in [0.15, 0.2) is 0 Å². The number of aromatic nitrogens is 4. The van der Waals surface area contributed by atoms with E-state index < -0.39 is 11.6 Å². The lowest BCUT2D eigenvalue weighted by Gasteiger charge is -2.47. The van der Waals surface area contributed by atoms with Crippen molar-refractivity contribution in [2.24, 2.45) is 5.41 Å². The quantitative estimate of drug-likeness (QED) is 0.128. The van der Waals surface area contributed by atoms with E-state index in [0.29, 0.717) is 26.1 Å². The number of likely N-dealkylation sites (N-methyl/N-ethyl adjacent to an activating group) is 1. The number of aromatic amines is 2. The summed E-state index contributed by atoms with van der Waals surface area (Å²) < 4.78 is 0. The van der Waals surface area contributed by atoms with Crippen LogP contribution in [0.15, 0.2) is 91.3 Å². The number of rotatable bonds is 10. The maximum Gasteiger partial charge on any atom is 0.407 e. The van der Waals surface area contributed by atoms with E-state index in [4.69, 9.17) is 9.97 Å². The molecule has 3 fully saturated rings. The number of carboxylic acid groups (broad SMARTS) is 1. The Balaban J connectivity index is 0.922. The zero-order valence-corrected chi connectivity index (χ0v) is 34.8. The molecule has 0 spiro atoms. The zero-order valence-electron chi connectivity index (χ0n) is 34.8.